The van der Waals surface area contributed by atoms with Crippen molar-refractivity contribution in [3.8, 4) is 0 Å². The van der Waals surface area contributed by atoms with Crippen LogP contribution in [0, 0.1) is 35.5 Å². The minimum absolute atomic E-state index is 0.125. The molecule has 0 aromatic heterocycles. The molecule has 0 spiro atoms. The fourth-order valence-electron chi connectivity index (χ4n) is 8.29. The van der Waals surface area contributed by atoms with Crippen LogP contribution in [-0.4, -0.2) is 36.2 Å². The van der Waals surface area contributed by atoms with Gasteiger partial charge in [0, 0.05) is 11.5 Å². The second kappa shape index (κ2) is 10.7. The molecule has 0 radical (unpaired) electrons. The van der Waals surface area contributed by atoms with E-state index in [0.29, 0.717) is 22.5 Å². The topological polar surface area (TPSA) is 101 Å². The van der Waals surface area contributed by atoms with E-state index in [1.54, 1.807) is 55.5 Å². The lowest BCUT2D eigenvalue weighted by Gasteiger charge is -2.47. The molecule has 3 aromatic rings. The third-order valence-corrected chi connectivity index (χ3v) is 9.94. The molecule has 222 valence electrons. The predicted octanol–water partition coefficient (Wildman–Crippen LogP) is 4.91. The first-order valence-corrected chi connectivity index (χ1v) is 15.2. The number of nitrogens with zero attached hydrogens (tertiary/aromatic N) is 2. The predicted molar refractivity (Wildman–Crippen MR) is 162 cm³/mol. The van der Waals surface area contributed by atoms with Crippen molar-refractivity contribution in [2.45, 2.75) is 26.2 Å². The van der Waals surface area contributed by atoms with Gasteiger partial charge in [0.15, 0.2) is 0 Å². The fourth-order valence-corrected chi connectivity index (χ4v) is 8.29. The monoisotopic (exact) mass is 588 g/mol. The lowest BCUT2D eigenvalue weighted by molar-refractivity contribution is -0.140. The number of carbonyl (C=O) groups excluding carboxylic acids is 5. The largest absolute Gasteiger partial charge is 0.463 e. The Bertz CT molecular complexity index is 1700. The number of esters is 1. The highest BCUT2D eigenvalue weighted by Crippen LogP contribution is 2.60. The lowest BCUT2D eigenvalue weighted by atomic mass is 9.53. The smallest absolute Gasteiger partial charge is 0.334 e. The van der Waals surface area contributed by atoms with Crippen LogP contribution in [0.5, 0.6) is 0 Å². The van der Waals surface area contributed by atoms with Crippen molar-refractivity contribution in [2.24, 2.45) is 35.5 Å². The Morgan fingerprint density at radius 1 is 0.682 bits per heavy atom. The average Bonchev–Trinajstić information content (AvgIpc) is 3.45. The highest BCUT2D eigenvalue weighted by Gasteiger charge is 2.65. The Hall–Kier alpha value is -4.85. The van der Waals surface area contributed by atoms with Crippen LogP contribution in [0.25, 0.3) is 0 Å². The molecule has 0 bridgehead atoms. The normalized spacial score (nSPS) is 29.5. The summed E-state index contributed by atoms with van der Waals surface area (Å²) in [5.41, 5.74) is 2.67. The number of fused-ring (bicyclic) bond motifs is 4. The molecular weight excluding hydrogens is 556 g/mol. The summed E-state index contributed by atoms with van der Waals surface area (Å²) in [6.45, 7) is 3.73. The van der Waals surface area contributed by atoms with E-state index in [-0.39, 0.29) is 36.7 Å². The van der Waals surface area contributed by atoms with Crippen LogP contribution in [0.15, 0.2) is 102 Å². The van der Waals surface area contributed by atoms with Crippen molar-refractivity contribution in [1.82, 2.24) is 0 Å². The van der Waals surface area contributed by atoms with E-state index < -0.39 is 47.4 Å². The highest BCUT2D eigenvalue weighted by atomic mass is 16.5. The van der Waals surface area contributed by atoms with Gasteiger partial charge in [-0.05, 0) is 55.0 Å². The molecule has 1 saturated carbocycles. The van der Waals surface area contributed by atoms with Gasteiger partial charge < -0.3 is 4.74 Å². The van der Waals surface area contributed by atoms with Gasteiger partial charge in [0.05, 0.1) is 41.7 Å². The molecule has 2 aliphatic carbocycles. The average molecular weight is 589 g/mol. The summed E-state index contributed by atoms with van der Waals surface area (Å²) in [4.78, 5) is 73.3. The van der Waals surface area contributed by atoms with Crippen molar-refractivity contribution in [1.29, 1.82) is 0 Å². The second-order valence-corrected chi connectivity index (χ2v) is 12.0. The Morgan fingerprint density at radius 3 is 1.75 bits per heavy atom. The molecular formula is C36H32N2O6. The molecule has 7 atom stereocenters. The number of imide groups is 2. The van der Waals surface area contributed by atoms with Crippen LogP contribution >= 0.6 is 0 Å². The molecule has 3 fully saturated rings. The maximum atomic E-state index is 14.5. The molecule has 8 heteroatoms. The number of rotatable bonds is 5. The van der Waals surface area contributed by atoms with E-state index in [1.165, 1.54) is 9.80 Å². The Balaban J connectivity index is 1.44. The van der Waals surface area contributed by atoms with Gasteiger partial charge in [-0.25, -0.2) is 4.79 Å². The summed E-state index contributed by atoms with van der Waals surface area (Å²) >= 11 is 0. The number of anilines is 2. The van der Waals surface area contributed by atoms with Gasteiger partial charge in [-0.1, -0.05) is 79.2 Å². The first-order chi connectivity index (χ1) is 21.3. The summed E-state index contributed by atoms with van der Waals surface area (Å²) in [7, 11) is 0. The van der Waals surface area contributed by atoms with Crippen LogP contribution in [-0.2, 0) is 28.7 Å². The maximum absolute atomic E-state index is 14.5. The van der Waals surface area contributed by atoms with Crippen molar-refractivity contribution in [3.63, 3.8) is 0 Å². The van der Waals surface area contributed by atoms with Crippen LogP contribution in [0.1, 0.15) is 31.7 Å². The van der Waals surface area contributed by atoms with Gasteiger partial charge in [-0.3, -0.25) is 29.0 Å². The zero-order valence-electron chi connectivity index (χ0n) is 24.5. The van der Waals surface area contributed by atoms with Crippen LogP contribution in [0.2, 0.25) is 0 Å². The summed E-state index contributed by atoms with van der Waals surface area (Å²) in [5.74, 6) is -6.83. The van der Waals surface area contributed by atoms with Crippen LogP contribution in [0.3, 0.4) is 0 Å². The third-order valence-electron chi connectivity index (χ3n) is 9.94. The van der Waals surface area contributed by atoms with Gasteiger partial charge in [0.1, 0.15) is 0 Å². The van der Waals surface area contributed by atoms with E-state index >= 15 is 0 Å². The van der Waals surface area contributed by atoms with E-state index in [1.807, 2.05) is 49.4 Å². The van der Waals surface area contributed by atoms with E-state index in [2.05, 4.69) is 0 Å². The van der Waals surface area contributed by atoms with Crippen molar-refractivity contribution in [3.05, 3.63) is 108 Å². The van der Waals surface area contributed by atoms with E-state index in [4.69, 9.17) is 4.74 Å². The third kappa shape index (κ3) is 4.00. The number of ether oxygens (including phenoxy) is 1. The molecule has 4 aliphatic rings. The second-order valence-electron chi connectivity index (χ2n) is 12.0. The Kier molecular flexibility index (Phi) is 6.80. The number of para-hydroxylation sites is 2. The van der Waals surface area contributed by atoms with Gasteiger partial charge in [0.25, 0.3) is 0 Å². The number of benzene rings is 3. The standard InChI is InChI=1S/C36H32N2O6/c1-3-44-36(43)29-24-19-25-27(33(40)37(32(25)39)22-15-9-5-10-16-22)20(2)26(24)30-31(28(29)21-13-7-4-8-14-21)35(42)38(34(30)41)23-17-11-6-12-18-23/h4-18,20,25-28,30-31H,3,19H2,1-2H3/t20?,25-,26+,27+,28-,30+,31-/m0/s1. The van der Waals surface area contributed by atoms with Gasteiger partial charge in [0.2, 0.25) is 23.6 Å². The number of hydrogen-bond acceptors (Lipinski definition) is 6. The minimum atomic E-state index is -0.880. The van der Waals surface area contributed by atoms with Gasteiger partial charge in [-0.2, -0.15) is 0 Å². The molecule has 7 rings (SSSR count). The maximum Gasteiger partial charge on any atom is 0.334 e. The summed E-state index contributed by atoms with van der Waals surface area (Å²) in [5, 5.41) is 0. The van der Waals surface area contributed by atoms with Crippen LogP contribution in [0.4, 0.5) is 11.4 Å². The van der Waals surface area contributed by atoms with E-state index in [0.717, 1.165) is 5.56 Å². The van der Waals surface area contributed by atoms with Crippen molar-refractivity contribution in [2.75, 3.05) is 16.4 Å². The number of allylic oxidation sites excluding steroid dienone is 1. The van der Waals surface area contributed by atoms with E-state index in [9.17, 15) is 24.0 Å². The first kappa shape index (κ1) is 28.0. The molecule has 4 amide bonds. The minimum Gasteiger partial charge on any atom is -0.463 e. The lowest BCUT2D eigenvalue weighted by Crippen LogP contribution is -2.48. The summed E-state index contributed by atoms with van der Waals surface area (Å²) in [6.07, 6.45) is 0.140. The molecule has 1 unspecified atom stereocenters. The molecule has 0 N–H and O–H groups in total. The van der Waals surface area contributed by atoms with Gasteiger partial charge in [-0.15, -0.1) is 0 Å². The zero-order chi connectivity index (χ0) is 30.7. The van der Waals surface area contributed by atoms with Crippen molar-refractivity contribution < 1.29 is 28.7 Å². The van der Waals surface area contributed by atoms with Crippen LogP contribution < -0.4 is 9.80 Å². The molecule has 3 aromatic carbocycles. The molecule has 2 aliphatic heterocycles. The number of carbonyl (C=O) groups is 5. The Morgan fingerprint density at radius 2 is 1.18 bits per heavy atom. The van der Waals surface area contributed by atoms with Crippen molar-refractivity contribution >= 4 is 41.0 Å². The number of amides is 4. The zero-order valence-corrected chi connectivity index (χ0v) is 24.5. The molecule has 2 saturated heterocycles. The van der Waals surface area contributed by atoms with Gasteiger partial charge >= 0.3 is 5.97 Å². The molecule has 2 heterocycles. The summed E-state index contributed by atoms with van der Waals surface area (Å²) < 4.78 is 5.62. The quantitative estimate of drug-likeness (QED) is 0.310. The summed E-state index contributed by atoms with van der Waals surface area (Å²) in [6, 6.07) is 26.9. The number of hydrogen-bond donors (Lipinski definition) is 0. The highest BCUT2D eigenvalue weighted by molar-refractivity contribution is 6.24. The molecule has 44 heavy (non-hydrogen) atoms. The Labute approximate surface area is 255 Å². The fraction of sp³-hybridized carbons (Fsp3) is 0.306. The molecule has 8 nitrogen and oxygen atoms in total. The SMILES string of the molecule is CCOC(=O)C1=C2C[C@@H]3C(=O)N(c4ccccc4)C(=O)[C@@H]3C(C)[C@H]2[C@H]2C(=O)N(c3ccccc3)C(=O)[C@H]2[C@H]1c1ccccc1. The first-order valence-electron chi connectivity index (χ1n) is 15.2.